The van der Waals surface area contributed by atoms with Crippen LogP contribution in [-0.4, -0.2) is 28.0 Å². The van der Waals surface area contributed by atoms with Crippen LogP contribution in [0, 0.1) is 0 Å². The van der Waals surface area contributed by atoms with Crippen LogP contribution >= 0.6 is 0 Å². The minimum Gasteiger partial charge on any atom is -0.370 e. The number of anilines is 2. The lowest BCUT2D eigenvalue weighted by atomic mass is 10.5. The molecule has 0 amide bonds. The lowest BCUT2D eigenvalue weighted by Crippen LogP contribution is -2.06. The van der Waals surface area contributed by atoms with E-state index in [0.29, 0.717) is 0 Å². The number of fused-ring (bicyclic) bond motifs is 1. The fourth-order valence-electron chi connectivity index (χ4n) is 1.44. The van der Waals surface area contributed by atoms with Crippen LogP contribution in [0.2, 0.25) is 0 Å². The highest BCUT2D eigenvalue weighted by Crippen LogP contribution is 2.15. The molecule has 0 bridgehead atoms. The van der Waals surface area contributed by atoms with Crippen molar-refractivity contribution in [3.8, 4) is 0 Å². The monoisotopic (exact) mass is 205 g/mol. The van der Waals surface area contributed by atoms with Crippen molar-refractivity contribution in [2.45, 2.75) is 13.3 Å². The van der Waals surface area contributed by atoms with Crippen molar-refractivity contribution in [1.82, 2.24) is 14.4 Å². The van der Waals surface area contributed by atoms with Gasteiger partial charge in [0.25, 0.3) is 0 Å². The molecule has 0 unspecified atom stereocenters. The van der Waals surface area contributed by atoms with Crippen LogP contribution in [-0.2, 0) is 0 Å². The van der Waals surface area contributed by atoms with E-state index in [-0.39, 0.29) is 0 Å². The van der Waals surface area contributed by atoms with E-state index in [9.17, 15) is 0 Å². The average Bonchev–Trinajstić information content (AvgIpc) is 2.73. The third-order valence-corrected chi connectivity index (χ3v) is 2.17. The van der Waals surface area contributed by atoms with Crippen molar-refractivity contribution in [3.05, 3.63) is 18.6 Å². The zero-order valence-electron chi connectivity index (χ0n) is 8.99. The predicted molar refractivity (Wildman–Crippen MR) is 61.3 cm³/mol. The summed E-state index contributed by atoms with van der Waals surface area (Å²) in [6.07, 6.45) is 6.70. The number of nitrogens with zero attached hydrogens (tertiary/aromatic N) is 3. The third-order valence-electron chi connectivity index (χ3n) is 2.17. The molecule has 0 aliphatic carbocycles. The number of hydrogen-bond acceptors (Lipinski definition) is 4. The number of hydrogen-bond donors (Lipinski definition) is 2. The number of imidazole rings is 1. The predicted octanol–water partition coefficient (Wildman–Crippen LogP) is 1.59. The highest BCUT2D eigenvalue weighted by atomic mass is 15.1. The Morgan fingerprint density at radius 1 is 1.47 bits per heavy atom. The Hall–Kier alpha value is -1.78. The molecule has 5 heteroatoms. The SMILES string of the molecule is CCCNc1cn2ccnc2c(NC)n1. The standard InChI is InChI=1S/C10H15N5/c1-3-4-12-8-7-15-6-5-13-10(15)9(11-2)14-8/h5-7,12H,3-4H2,1-2H3,(H,11,14). The van der Waals surface area contributed by atoms with Gasteiger partial charge in [0.05, 0.1) is 6.20 Å². The normalized spacial score (nSPS) is 10.5. The van der Waals surface area contributed by atoms with Crippen LogP contribution in [0.15, 0.2) is 18.6 Å². The molecule has 0 radical (unpaired) electrons. The Labute approximate surface area is 88.5 Å². The summed E-state index contributed by atoms with van der Waals surface area (Å²) in [4.78, 5) is 8.64. The summed E-state index contributed by atoms with van der Waals surface area (Å²) in [6, 6.07) is 0. The maximum absolute atomic E-state index is 4.42. The molecule has 2 heterocycles. The van der Waals surface area contributed by atoms with Crippen LogP contribution < -0.4 is 10.6 Å². The van der Waals surface area contributed by atoms with Gasteiger partial charge in [-0.25, -0.2) is 9.97 Å². The van der Waals surface area contributed by atoms with E-state index in [1.54, 1.807) is 6.20 Å². The summed E-state index contributed by atoms with van der Waals surface area (Å²) >= 11 is 0. The fourth-order valence-corrected chi connectivity index (χ4v) is 1.44. The molecule has 5 nitrogen and oxygen atoms in total. The van der Waals surface area contributed by atoms with Crippen LogP contribution in [0.5, 0.6) is 0 Å². The molecule has 2 aromatic heterocycles. The minimum atomic E-state index is 0.793. The van der Waals surface area contributed by atoms with Gasteiger partial charge in [0.1, 0.15) is 5.82 Å². The molecule has 15 heavy (non-hydrogen) atoms. The summed E-state index contributed by atoms with van der Waals surface area (Å²) < 4.78 is 1.96. The Balaban J connectivity index is 2.40. The summed E-state index contributed by atoms with van der Waals surface area (Å²) in [5.41, 5.74) is 0.847. The van der Waals surface area contributed by atoms with Crippen LogP contribution in [0.4, 0.5) is 11.6 Å². The van der Waals surface area contributed by atoms with Gasteiger partial charge in [-0.1, -0.05) is 6.92 Å². The van der Waals surface area contributed by atoms with Crippen molar-refractivity contribution >= 4 is 17.3 Å². The molecule has 2 aromatic rings. The first-order valence-electron chi connectivity index (χ1n) is 5.10. The van der Waals surface area contributed by atoms with Crippen molar-refractivity contribution in [2.75, 3.05) is 24.2 Å². The molecular formula is C10H15N5. The molecule has 0 aliphatic heterocycles. The van der Waals surface area contributed by atoms with Gasteiger partial charge in [-0.3, -0.25) is 0 Å². The molecule has 0 atom stereocenters. The van der Waals surface area contributed by atoms with Gasteiger partial charge < -0.3 is 15.0 Å². The van der Waals surface area contributed by atoms with Crippen LogP contribution in [0.3, 0.4) is 0 Å². The number of rotatable bonds is 4. The van der Waals surface area contributed by atoms with E-state index in [1.165, 1.54) is 0 Å². The first kappa shape index (κ1) is 9.76. The summed E-state index contributed by atoms with van der Waals surface area (Å²) in [5.74, 6) is 1.66. The Kier molecular flexibility index (Phi) is 2.71. The van der Waals surface area contributed by atoms with E-state index < -0.39 is 0 Å². The van der Waals surface area contributed by atoms with Gasteiger partial charge in [0.2, 0.25) is 0 Å². The molecule has 0 aromatic carbocycles. The third kappa shape index (κ3) is 1.86. The molecular weight excluding hydrogens is 190 g/mol. The van der Waals surface area contributed by atoms with Gasteiger partial charge in [-0.2, -0.15) is 0 Å². The zero-order valence-corrected chi connectivity index (χ0v) is 8.99. The van der Waals surface area contributed by atoms with E-state index in [4.69, 9.17) is 0 Å². The van der Waals surface area contributed by atoms with Crippen molar-refractivity contribution in [2.24, 2.45) is 0 Å². The summed E-state index contributed by atoms with van der Waals surface area (Å²) in [5, 5.41) is 6.29. The number of nitrogens with one attached hydrogen (secondary N) is 2. The van der Waals surface area contributed by atoms with Crippen LogP contribution in [0.1, 0.15) is 13.3 Å². The quantitative estimate of drug-likeness (QED) is 0.796. The minimum absolute atomic E-state index is 0.793. The summed E-state index contributed by atoms with van der Waals surface area (Å²) in [6.45, 7) is 3.05. The van der Waals surface area contributed by atoms with Crippen molar-refractivity contribution < 1.29 is 0 Å². The molecule has 0 aliphatic rings. The van der Waals surface area contributed by atoms with Gasteiger partial charge in [-0.05, 0) is 6.42 Å². The first-order valence-corrected chi connectivity index (χ1v) is 5.10. The van der Waals surface area contributed by atoms with E-state index >= 15 is 0 Å². The molecule has 2 N–H and O–H groups in total. The first-order chi connectivity index (χ1) is 7.35. The Bertz CT molecular complexity index is 448. The smallest absolute Gasteiger partial charge is 0.180 e. The molecule has 2 rings (SSSR count). The molecule has 0 saturated heterocycles. The van der Waals surface area contributed by atoms with E-state index in [0.717, 1.165) is 30.2 Å². The molecule has 80 valence electrons. The Morgan fingerprint density at radius 3 is 3.07 bits per heavy atom. The lowest BCUT2D eigenvalue weighted by molar-refractivity contribution is 0.962. The number of aromatic nitrogens is 3. The topological polar surface area (TPSA) is 54.2 Å². The maximum Gasteiger partial charge on any atom is 0.180 e. The summed E-state index contributed by atoms with van der Waals surface area (Å²) in [7, 11) is 1.85. The van der Waals surface area contributed by atoms with Gasteiger partial charge in [0.15, 0.2) is 11.5 Å². The fraction of sp³-hybridized carbons (Fsp3) is 0.400. The van der Waals surface area contributed by atoms with Gasteiger partial charge in [0, 0.05) is 26.0 Å². The van der Waals surface area contributed by atoms with E-state index in [1.807, 2.05) is 23.8 Å². The van der Waals surface area contributed by atoms with Crippen molar-refractivity contribution in [1.29, 1.82) is 0 Å². The van der Waals surface area contributed by atoms with Gasteiger partial charge >= 0.3 is 0 Å². The van der Waals surface area contributed by atoms with Crippen molar-refractivity contribution in [3.63, 3.8) is 0 Å². The Morgan fingerprint density at radius 2 is 2.33 bits per heavy atom. The molecule has 0 saturated carbocycles. The van der Waals surface area contributed by atoms with E-state index in [2.05, 4.69) is 27.5 Å². The lowest BCUT2D eigenvalue weighted by Gasteiger charge is -2.07. The highest BCUT2D eigenvalue weighted by Gasteiger charge is 2.04. The molecule has 0 spiro atoms. The highest BCUT2D eigenvalue weighted by molar-refractivity contribution is 5.64. The average molecular weight is 205 g/mol. The maximum atomic E-state index is 4.42. The van der Waals surface area contributed by atoms with Gasteiger partial charge in [-0.15, -0.1) is 0 Å². The second-order valence-electron chi connectivity index (χ2n) is 3.31. The second-order valence-corrected chi connectivity index (χ2v) is 3.31. The zero-order chi connectivity index (χ0) is 10.7. The molecule has 0 fully saturated rings. The largest absolute Gasteiger partial charge is 0.370 e. The van der Waals surface area contributed by atoms with Crippen LogP contribution in [0.25, 0.3) is 5.65 Å². The second kappa shape index (κ2) is 4.16.